The third kappa shape index (κ3) is 1.82. The summed E-state index contributed by atoms with van der Waals surface area (Å²) in [6, 6.07) is -0.119. The lowest BCUT2D eigenvalue weighted by Gasteiger charge is -2.21. The number of amides is 1. The van der Waals surface area contributed by atoms with E-state index in [4.69, 9.17) is 4.52 Å². The normalized spacial score (nSPS) is 32.2. The van der Waals surface area contributed by atoms with Crippen LogP contribution in [0.2, 0.25) is 0 Å². The van der Waals surface area contributed by atoms with E-state index < -0.39 is 0 Å². The standard InChI is InChI=1S/C11H16N4O2/c1-6-13-11(14-17-6)15-5-8-3-7(8)4-9(12-2)10(15)16/h7-9,12H,3-5H2,1-2H3. The van der Waals surface area contributed by atoms with Crippen LogP contribution < -0.4 is 10.2 Å². The molecule has 1 amide bonds. The Morgan fingerprint density at radius 3 is 2.88 bits per heavy atom. The van der Waals surface area contributed by atoms with Crippen LogP contribution in [0, 0.1) is 18.8 Å². The number of rotatable bonds is 2. The molecule has 1 aliphatic heterocycles. The van der Waals surface area contributed by atoms with E-state index in [-0.39, 0.29) is 11.9 Å². The lowest BCUT2D eigenvalue weighted by molar-refractivity contribution is -0.120. The first-order chi connectivity index (χ1) is 8.19. The van der Waals surface area contributed by atoms with Crippen LogP contribution in [0.15, 0.2) is 4.52 Å². The maximum Gasteiger partial charge on any atom is 0.272 e. The monoisotopic (exact) mass is 236 g/mol. The number of likely N-dealkylation sites (N-methyl/N-ethyl adjacent to an activating group) is 1. The van der Waals surface area contributed by atoms with Gasteiger partial charge in [0.15, 0.2) is 0 Å². The summed E-state index contributed by atoms with van der Waals surface area (Å²) in [6.07, 6.45) is 2.13. The van der Waals surface area contributed by atoms with Crippen molar-refractivity contribution in [3.05, 3.63) is 5.89 Å². The molecule has 1 saturated heterocycles. The first kappa shape index (κ1) is 10.7. The minimum absolute atomic E-state index is 0.0560. The van der Waals surface area contributed by atoms with Gasteiger partial charge in [0, 0.05) is 13.5 Å². The Kier molecular flexibility index (Phi) is 2.39. The van der Waals surface area contributed by atoms with Crippen LogP contribution in [0.3, 0.4) is 0 Å². The fourth-order valence-corrected chi connectivity index (χ4v) is 2.56. The molecule has 1 saturated carbocycles. The van der Waals surface area contributed by atoms with Crippen molar-refractivity contribution in [2.45, 2.75) is 25.8 Å². The molecular formula is C11H16N4O2. The van der Waals surface area contributed by atoms with E-state index in [9.17, 15) is 4.79 Å². The highest BCUT2D eigenvalue weighted by Gasteiger charge is 2.46. The number of nitrogens with zero attached hydrogens (tertiary/aromatic N) is 3. The van der Waals surface area contributed by atoms with E-state index in [1.807, 2.05) is 7.05 Å². The average Bonchev–Trinajstić information content (AvgIpc) is 2.94. The molecule has 1 aromatic heterocycles. The number of carbonyl (C=O) groups excluding carboxylic acids is 1. The second-order valence-corrected chi connectivity index (χ2v) is 4.90. The van der Waals surface area contributed by atoms with Gasteiger partial charge in [-0.05, 0) is 36.9 Å². The SMILES string of the molecule is CNC1CC2CC2CN(c2noc(C)n2)C1=O. The molecule has 3 unspecified atom stereocenters. The van der Waals surface area contributed by atoms with Gasteiger partial charge < -0.3 is 9.84 Å². The number of fused-ring (bicyclic) bond motifs is 1. The smallest absolute Gasteiger partial charge is 0.272 e. The molecule has 92 valence electrons. The van der Waals surface area contributed by atoms with E-state index in [1.54, 1.807) is 11.8 Å². The summed E-state index contributed by atoms with van der Waals surface area (Å²) in [7, 11) is 1.82. The second kappa shape index (κ2) is 3.80. The lowest BCUT2D eigenvalue weighted by atomic mass is 10.1. The molecule has 1 aliphatic carbocycles. The maximum atomic E-state index is 12.3. The summed E-state index contributed by atoms with van der Waals surface area (Å²) in [5.41, 5.74) is 0. The van der Waals surface area contributed by atoms with Gasteiger partial charge in [0.1, 0.15) is 0 Å². The summed E-state index contributed by atoms with van der Waals surface area (Å²) in [5, 5.41) is 6.92. The first-order valence-corrected chi connectivity index (χ1v) is 5.98. The fourth-order valence-electron chi connectivity index (χ4n) is 2.56. The van der Waals surface area contributed by atoms with Crippen LogP contribution in [0.25, 0.3) is 0 Å². The van der Waals surface area contributed by atoms with E-state index in [0.29, 0.717) is 23.7 Å². The predicted molar refractivity (Wildman–Crippen MR) is 60.4 cm³/mol. The Balaban J connectivity index is 1.88. The average molecular weight is 236 g/mol. The number of hydrogen-bond acceptors (Lipinski definition) is 5. The number of hydrogen-bond donors (Lipinski definition) is 1. The molecule has 3 rings (SSSR count). The van der Waals surface area contributed by atoms with Gasteiger partial charge in [-0.1, -0.05) is 0 Å². The third-order valence-corrected chi connectivity index (χ3v) is 3.70. The zero-order valence-corrected chi connectivity index (χ0v) is 10.0. The molecule has 2 aliphatic rings. The largest absolute Gasteiger partial charge is 0.338 e. The molecule has 1 N–H and O–H groups in total. The molecule has 6 nitrogen and oxygen atoms in total. The molecule has 3 atom stereocenters. The number of anilines is 1. The summed E-state index contributed by atoms with van der Waals surface area (Å²) >= 11 is 0. The van der Waals surface area contributed by atoms with Crippen LogP contribution >= 0.6 is 0 Å². The van der Waals surface area contributed by atoms with Crippen molar-refractivity contribution in [3.63, 3.8) is 0 Å². The Hall–Kier alpha value is -1.43. The molecular weight excluding hydrogens is 220 g/mol. The van der Waals surface area contributed by atoms with Crippen LogP contribution in [0.4, 0.5) is 5.95 Å². The Morgan fingerprint density at radius 2 is 2.24 bits per heavy atom. The number of aromatic nitrogens is 2. The topological polar surface area (TPSA) is 71.3 Å². The Bertz CT molecular complexity index is 444. The molecule has 0 bridgehead atoms. The molecule has 0 spiro atoms. The van der Waals surface area contributed by atoms with Gasteiger partial charge in [0.2, 0.25) is 11.8 Å². The first-order valence-electron chi connectivity index (χ1n) is 5.98. The summed E-state index contributed by atoms with van der Waals surface area (Å²) in [5.74, 6) is 2.23. The van der Waals surface area contributed by atoms with Gasteiger partial charge in [-0.15, -0.1) is 0 Å². The van der Waals surface area contributed by atoms with Crippen molar-refractivity contribution in [3.8, 4) is 0 Å². The highest BCUT2D eigenvalue weighted by Crippen LogP contribution is 2.45. The van der Waals surface area contributed by atoms with Crippen LogP contribution in [-0.2, 0) is 4.79 Å². The van der Waals surface area contributed by atoms with Crippen LogP contribution in [-0.4, -0.2) is 35.7 Å². The van der Waals surface area contributed by atoms with Gasteiger partial charge in [-0.25, -0.2) is 0 Å². The van der Waals surface area contributed by atoms with Crippen molar-refractivity contribution in [1.82, 2.24) is 15.5 Å². The quantitative estimate of drug-likeness (QED) is 0.801. The van der Waals surface area contributed by atoms with E-state index >= 15 is 0 Å². The fraction of sp³-hybridized carbons (Fsp3) is 0.727. The summed E-state index contributed by atoms with van der Waals surface area (Å²) in [4.78, 5) is 18.1. The zero-order chi connectivity index (χ0) is 12.0. The third-order valence-electron chi connectivity index (χ3n) is 3.70. The zero-order valence-electron chi connectivity index (χ0n) is 10.0. The molecule has 0 aromatic carbocycles. The van der Waals surface area contributed by atoms with Gasteiger partial charge in [0.25, 0.3) is 5.95 Å². The van der Waals surface area contributed by atoms with E-state index in [1.165, 1.54) is 6.42 Å². The van der Waals surface area contributed by atoms with Crippen LogP contribution in [0.5, 0.6) is 0 Å². The van der Waals surface area contributed by atoms with Crippen LogP contribution in [0.1, 0.15) is 18.7 Å². The number of aryl methyl sites for hydroxylation is 1. The van der Waals surface area contributed by atoms with Gasteiger partial charge >= 0.3 is 0 Å². The highest BCUT2D eigenvalue weighted by molar-refractivity contribution is 5.96. The Labute approximate surface area is 99.4 Å². The van der Waals surface area contributed by atoms with Crippen molar-refractivity contribution < 1.29 is 9.32 Å². The van der Waals surface area contributed by atoms with Gasteiger partial charge in [-0.2, -0.15) is 4.98 Å². The molecule has 2 fully saturated rings. The minimum Gasteiger partial charge on any atom is -0.338 e. The van der Waals surface area contributed by atoms with Crippen molar-refractivity contribution >= 4 is 11.9 Å². The van der Waals surface area contributed by atoms with E-state index in [2.05, 4.69) is 15.5 Å². The maximum absolute atomic E-state index is 12.3. The summed E-state index contributed by atoms with van der Waals surface area (Å²) in [6.45, 7) is 2.45. The van der Waals surface area contributed by atoms with Gasteiger partial charge in [-0.3, -0.25) is 9.69 Å². The molecule has 17 heavy (non-hydrogen) atoms. The van der Waals surface area contributed by atoms with Crippen molar-refractivity contribution in [2.24, 2.45) is 11.8 Å². The number of nitrogens with one attached hydrogen (secondary N) is 1. The number of carbonyl (C=O) groups is 1. The molecule has 0 radical (unpaired) electrons. The molecule has 1 aromatic rings. The predicted octanol–water partition coefficient (Wildman–Crippen LogP) is 0.339. The minimum atomic E-state index is -0.119. The second-order valence-electron chi connectivity index (χ2n) is 4.90. The van der Waals surface area contributed by atoms with E-state index in [0.717, 1.165) is 13.0 Å². The Morgan fingerprint density at radius 1 is 1.41 bits per heavy atom. The van der Waals surface area contributed by atoms with Crippen molar-refractivity contribution in [1.29, 1.82) is 0 Å². The summed E-state index contributed by atoms with van der Waals surface area (Å²) < 4.78 is 4.95. The lowest BCUT2D eigenvalue weighted by Crippen LogP contribution is -2.45. The van der Waals surface area contributed by atoms with Crippen molar-refractivity contribution in [2.75, 3.05) is 18.5 Å². The highest BCUT2D eigenvalue weighted by atomic mass is 16.5. The molecule has 2 heterocycles. The van der Waals surface area contributed by atoms with Gasteiger partial charge in [0.05, 0.1) is 6.04 Å². The molecule has 6 heteroatoms.